The third-order valence-electron chi connectivity index (χ3n) is 2.90. The zero-order valence-electron chi connectivity index (χ0n) is 12.1. The van der Waals surface area contributed by atoms with Gasteiger partial charge in [-0.2, -0.15) is 0 Å². The van der Waals surface area contributed by atoms with E-state index in [0.29, 0.717) is 45.2 Å². The molecule has 0 aliphatic heterocycles. The summed E-state index contributed by atoms with van der Waals surface area (Å²) >= 11 is 0. The van der Waals surface area contributed by atoms with Gasteiger partial charge in [-0.1, -0.05) is 0 Å². The van der Waals surface area contributed by atoms with Crippen LogP contribution in [0.15, 0.2) is 0 Å². The van der Waals surface area contributed by atoms with Crippen molar-refractivity contribution in [2.24, 2.45) is 17.2 Å². The summed E-state index contributed by atoms with van der Waals surface area (Å²) < 4.78 is 0. The number of nitrogens with one attached hydrogen (secondary N) is 3. The first-order valence-corrected chi connectivity index (χ1v) is 6.94. The zero-order valence-corrected chi connectivity index (χ0v) is 12.1. The highest BCUT2D eigenvalue weighted by molar-refractivity contribution is 5.81. The summed E-state index contributed by atoms with van der Waals surface area (Å²) in [4.78, 5) is 22.1. The van der Waals surface area contributed by atoms with E-state index in [9.17, 15) is 9.59 Å². The molecule has 122 valence electrons. The molecule has 1 unspecified atom stereocenters. The number of hydrogen-bond acceptors (Lipinski definition) is 5. The van der Waals surface area contributed by atoms with E-state index in [2.05, 4.69) is 10.6 Å². The fourth-order valence-electron chi connectivity index (χ4n) is 1.63. The maximum absolute atomic E-state index is 11.6. The van der Waals surface area contributed by atoms with Gasteiger partial charge in [0.2, 0.25) is 5.91 Å². The summed E-state index contributed by atoms with van der Waals surface area (Å²) in [5, 5.41) is 20.9. The lowest BCUT2D eigenvalue weighted by Gasteiger charge is -2.12. The number of nitrogens with two attached hydrogens (primary N) is 3. The number of guanidine groups is 1. The van der Waals surface area contributed by atoms with Gasteiger partial charge in [0.1, 0.15) is 6.04 Å². The molecule has 10 N–H and O–H groups in total. The first-order valence-electron chi connectivity index (χ1n) is 6.94. The molecule has 0 aromatic carbocycles. The van der Waals surface area contributed by atoms with Crippen LogP contribution < -0.4 is 27.8 Å². The normalized spacial score (nSPS) is 13.2. The Labute approximate surface area is 124 Å². The van der Waals surface area contributed by atoms with Gasteiger partial charge in [-0.25, -0.2) is 0 Å². The molecule has 9 heteroatoms. The van der Waals surface area contributed by atoms with Crippen LogP contribution in [0.2, 0.25) is 0 Å². The minimum Gasteiger partial charge on any atom is -0.480 e. The largest absolute Gasteiger partial charge is 0.480 e. The summed E-state index contributed by atoms with van der Waals surface area (Å²) in [6.45, 7) is 0.952. The predicted octanol–water partition coefficient (Wildman–Crippen LogP) is -1.72. The van der Waals surface area contributed by atoms with Crippen LogP contribution in [0.3, 0.4) is 0 Å². The van der Waals surface area contributed by atoms with Crippen LogP contribution >= 0.6 is 0 Å². The van der Waals surface area contributed by atoms with Crippen LogP contribution in [0.5, 0.6) is 0 Å². The van der Waals surface area contributed by atoms with Gasteiger partial charge in [0.05, 0.1) is 6.04 Å². The number of carbonyl (C=O) groups excluding carboxylic acids is 1. The molecule has 0 fully saturated rings. The lowest BCUT2D eigenvalue weighted by atomic mass is 10.1. The molecule has 0 spiro atoms. The van der Waals surface area contributed by atoms with Crippen molar-refractivity contribution in [2.75, 3.05) is 13.1 Å². The molecule has 0 heterocycles. The third-order valence-corrected chi connectivity index (χ3v) is 2.90. The van der Waals surface area contributed by atoms with Gasteiger partial charge in [-0.05, 0) is 32.1 Å². The van der Waals surface area contributed by atoms with E-state index in [1.54, 1.807) is 0 Å². The molecule has 21 heavy (non-hydrogen) atoms. The molecule has 0 aliphatic carbocycles. The van der Waals surface area contributed by atoms with E-state index in [-0.39, 0.29) is 11.9 Å². The van der Waals surface area contributed by atoms with Crippen LogP contribution in [0, 0.1) is 5.41 Å². The lowest BCUT2D eigenvalue weighted by molar-refractivity contribution is -0.138. The van der Waals surface area contributed by atoms with Crippen molar-refractivity contribution in [3.8, 4) is 0 Å². The number of amides is 1. The van der Waals surface area contributed by atoms with Gasteiger partial charge >= 0.3 is 5.97 Å². The number of rotatable bonds is 11. The highest BCUT2D eigenvalue weighted by Crippen LogP contribution is 1.99. The van der Waals surface area contributed by atoms with Crippen LogP contribution in [0.25, 0.3) is 0 Å². The van der Waals surface area contributed by atoms with Crippen LogP contribution in [-0.4, -0.2) is 48.1 Å². The second-order valence-corrected chi connectivity index (χ2v) is 4.82. The summed E-state index contributed by atoms with van der Waals surface area (Å²) in [5.74, 6) is -1.35. The average molecular weight is 302 g/mol. The minimum atomic E-state index is -1.01. The Morgan fingerprint density at radius 2 is 1.57 bits per heavy atom. The topological polar surface area (TPSA) is 180 Å². The molecule has 0 radical (unpaired) electrons. The molecule has 9 nitrogen and oxygen atoms in total. The molecule has 0 aromatic heterocycles. The lowest BCUT2D eigenvalue weighted by Crippen LogP contribution is -2.41. The van der Waals surface area contributed by atoms with Gasteiger partial charge in [0, 0.05) is 13.1 Å². The number of unbranched alkanes of at least 4 members (excludes halogenated alkanes) is 1. The molecule has 0 aromatic rings. The second kappa shape index (κ2) is 10.9. The van der Waals surface area contributed by atoms with Crippen molar-refractivity contribution < 1.29 is 14.7 Å². The zero-order chi connectivity index (χ0) is 16.3. The summed E-state index contributed by atoms with van der Waals surface area (Å²) in [7, 11) is 0. The maximum atomic E-state index is 11.6. The number of aliphatic carboxylic acids is 1. The highest BCUT2D eigenvalue weighted by atomic mass is 16.4. The molecule has 0 saturated carbocycles. The number of carboxylic acid groups (broad SMARTS) is 1. The number of hydrogen-bond donors (Lipinski definition) is 7. The van der Waals surface area contributed by atoms with Gasteiger partial charge < -0.3 is 32.9 Å². The van der Waals surface area contributed by atoms with E-state index in [1.165, 1.54) is 0 Å². The summed E-state index contributed by atoms with van der Waals surface area (Å²) in [6.07, 6.45) is 2.81. The van der Waals surface area contributed by atoms with Gasteiger partial charge in [0.15, 0.2) is 5.96 Å². The maximum Gasteiger partial charge on any atom is 0.320 e. The van der Waals surface area contributed by atoms with Crippen molar-refractivity contribution in [2.45, 2.75) is 44.2 Å². The van der Waals surface area contributed by atoms with E-state index < -0.39 is 18.1 Å². The second-order valence-electron chi connectivity index (χ2n) is 4.82. The summed E-state index contributed by atoms with van der Waals surface area (Å²) in [5.41, 5.74) is 16.2. The SMILES string of the molecule is N=C(N)NCCC[C@H](N)C(=O)NCCCCC(N)C(=O)O. The number of carbonyl (C=O) groups is 2. The molecule has 0 bridgehead atoms. The van der Waals surface area contributed by atoms with Crippen molar-refractivity contribution in [3.05, 3.63) is 0 Å². The standard InChI is InChI=1S/C12H26N6O3/c13-8(5-3-7-18-12(15)16)10(19)17-6-2-1-4-9(14)11(20)21/h8-9H,1-7,13-14H2,(H,17,19)(H,20,21)(H4,15,16,18)/t8-,9?/m0/s1. The molecular weight excluding hydrogens is 276 g/mol. The highest BCUT2D eigenvalue weighted by Gasteiger charge is 2.13. The van der Waals surface area contributed by atoms with Crippen LogP contribution in [0.1, 0.15) is 32.1 Å². The molecule has 2 atom stereocenters. The van der Waals surface area contributed by atoms with Gasteiger partial charge in [-0.15, -0.1) is 0 Å². The minimum absolute atomic E-state index is 0.104. The molecule has 1 amide bonds. The monoisotopic (exact) mass is 302 g/mol. The molecule has 0 rings (SSSR count). The molecular formula is C12H26N6O3. The third kappa shape index (κ3) is 10.6. The Hall–Kier alpha value is -1.87. The van der Waals surface area contributed by atoms with Crippen LogP contribution in [0.4, 0.5) is 0 Å². The number of carboxylic acids is 1. The first kappa shape index (κ1) is 19.1. The Bertz CT molecular complexity index is 350. The van der Waals surface area contributed by atoms with E-state index >= 15 is 0 Å². The predicted molar refractivity (Wildman–Crippen MR) is 79.6 cm³/mol. The smallest absolute Gasteiger partial charge is 0.320 e. The van der Waals surface area contributed by atoms with Gasteiger partial charge in [0.25, 0.3) is 0 Å². The quantitative estimate of drug-likeness (QED) is 0.134. The van der Waals surface area contributed by atoms with E-state index in [0.717, 1.165) is 0 Å². The van der Waals surface area contributed by atoms with E-state index in [4.69, 9.17) is 27.7 Å². The van der Waals surface area contributed by atoms with Crippen molar-refractivity contribution in [1.29, 1.82) is 5.41 Å². The molecule has 0 aliphatic rings. The molecule has 0 saturated heterocycles. The fraction of sp³-hybridized carbons (Fsp3) is 0.750. The van der Waals surface area contributed by atoms with Crippen molar-refractivity contribution in [3.63, 3.8) is 0 Å². The van der Waals surface area contributed by atoms with E-state index in [1.807, 2.05) is 0 Å². The fourth-order valence-corrected chi connectivity index (χ4v) is 1.63. The van der Waals surface area contributed by atoms with Crippen molar-refractivity contribution >= 4 is 17.8 Å². The van der Waals surface area contributed by atoms with Crippen LogP contribution in [-0.2, 0) is 9.59 Å². The Morgan fingerprint density at radius 1 is 1.00 bits per heavy atom. The average Bonchev–Trinajstić information content (AvgIpc) is 2.41. The van der Waals surface area contributed by atoms with Gasteiger partial charge in [-0.3, -0.25) is 15.0 Å². The Kier molecular flexibility index (Phi) is 9.90. The Balaban J connectivity index is 3.60. The van der Waals surface area contributed by atoms with Crippen molar-refractivity contribution in [1.82, 2.24) is 10.6 Å². The first-order chi connectivity index (χ1) is 9.84. The Morgan fingerprint density at radius 3 is 2.14 bits per heavy atom. The summed E-state index contributed by atoms with van der Waals surface area (Å²) in [6, 6.07) is -1.45.